The summed E-state index contributed by atoms with van der Waals surface area (Å²) < 4.78 is 0. The summed E-state index contributed by atoms with van der Waals surface area (Å²) in [7, 11) is 2.30. The number of likely N-dealkylation sites (tertiary alicyclic amines) is 2. The molecule has 3 atom stereocenters. The highest BCUT2D eigenvalue weighted by Gasteiger charge is 2.28. The molecular formula is C15H31N3. The van der Waals surface area contributed by atoms with Crippen molar-refractivity contribution in [1.29, 1.82) is 0 Å². The molecule has 2 aliphatic heterocycles. The first-order valence-electron chi connectivity index (χ1n) is 7.88. The monoisotopic (exact) mass is 253 g/mol. The zero-order valence-corrected chi connectivity index (χ0v) is 12.3. The molecule has 0 saturated carbocycles. The molecule has 3 unspecified atom stereocenters. The van der Waals surface area contributed by atoms with Crippen molar-refractivity contribution >= 4 is 0 Å². The predicted octanol–water partition coefficient (Wildman–Crippen LogP) is 2.06. The molecule has 3 heteroatoms. The van der Waals surface area contributed by atoms with Gasteiger partial charge < -0.3 is 10.6 Å². The standard InChI is InChI=1S/C15H31N3/c1-13-6-5-8-15(12-16)18(13)11-9-14-7-3-4-10-17(14)2/h13-15H,3-12,16H2,1-2H3. The largest absolute Gasteiger partial charge is 0.329 e. The summed E-state index contributed by atoms with van der Waals surface area (Å²) in [6.07, 6.45) is 9.56. The third-order valence-corrected chi connectivity index (χ3v) is 5.11. The Labute approximate surface area is 113 Å². The van der Waals surface area contributed by atoms with E-state index in [0.29, 0.717) is 6.04 Å². The second kappa shape index (κ2) is 6.88. The van der Waals surface area contributed by atoms with Crippen molar-refractivity contribution in [2.75, 3.05) is 26.7 Å². The van der Waals surface area contributed by atoms with Gasteiger partial charge in [-0.1, -0.05) is 12.8 Å². The van der Waals surface area contributed by atoms with Gasteiger partial charge in [0.15, 0.2) is 0 Å². The van der Waals surface area contributed by atoms with E-state index in [0.717, 1.165) is 18.6 Å². The van der Waals surface area contributed by atoms with E-state index in [9.17, 15) is 0 Å². The molecule has 2 rings (SSSR count). The van der Waals surface area contributed by atoms with Gasteiger partial charge in [-0.15, -0.1) is 0 Å². The Hall–Kier alpha value is -0.120. The third-order valence-electron chi connectivity index (χ3n) is 5.11. The van der Waals surface area contributed by atoms with Crippen molar-refractivity contribution in [3.63, 3.8) is 0 Å². The summed E-state index contributed by atoms with van der Waals surface area (Å²) >= 11 is 0. The van der Waals surface area contributed by atoms with Gasteiger partial charge in [0.25, 0.3) is 0 Å². The summed E-state index contributed by atoms with van der Waals surface area (Å²) in [5, 5.41) is 0. The summed E-state index contributed by atoms with van der Waals surface area (Å²) in [4.78, 5) is 5.25. The highest BCUT2D eigenvalue weighted by Crippen LogP contribution is 2.24. The van der Waals surface area contributed by atoms with Crippen LogP contribution in [-0.4, -0.2) is 54.6 Å². The molecular weight excluding hydrogens is 222 g/mol. The molecule has 106 valence electrons. The van der Waals surface area contributed by atoms with Crippen LogP contribution in [0.4, 0.5) is 0 Å². The van der Waals surface area contributed by atoms with Crippen LogP contribution >= 0.6 is 0 Å². The summed E-state index contributed by atoms with van der Waals surface area (Å²) in [6, 6.07) is 2.19. The van der Waals surface area contributed by atoms with Gasteiger partial charge in [0.1, 0.15) is 0 Å². The van der Waals surface area contributed by atoms with E-state index in [4.69, 9.17) is 5.73 Å². The molecule has 0 aliphatic carbocycles. The Bertz CT molecular complexity index is 244. The molecule has 0 bridgehead atoms. The van der Waals surface area contributed by atoms with Crippen molar-refractivity contribution in [2.24, 2.45) is 5.73 Å². The first-order chi connectivity index (χ1) is 8.72. The van der Waals surface area contributed by atoms with E-state index in [2.05, 4.69) is 23.8 Å². The Balaban J connectivity index is 1.82. The first-order valence-corrected chi connectivity index (χ1v) is 7.88. The van der Waals surface area contributed by atoms with Gasteiger partial charge in [-0.25, -0.2) is 0 Å². The Morgan fingerprint density at radius 3 is 2.56 bits per heavy atom. The fourth-order valence-electron chi connectivity index (χ4n) is 3.80. The molecule has 18 heavy (non-hydrogen) atoms. The highest BCUT2D eigenvalue weighted by molar-refractivity contribution is 4.84. The van der Waals surface area contributed by atoms with Crippen LogP contribution in [0.3, 0.4) is 0 Å². The Kier molecular flexibility index (Phi) is 5.46. The van der Waals surface area contributed by atoms with E-state index < -0.39 is 0 Å². The van der Waals surface area contributed by atoms with Crippen molar-refractivity contribution < 1.29 is 0 Å². The summed E-state index contributed by atoms with van der Waals surface area (Å²) in [5.41, 5.74) is 5.94. The van der Waals surface area contributed by atoms with E-state index in [1.54, 1.807) is 0 Å². The van der Waals surface area contributed by atoms with Gasteiger partial charge in [-0.05, 0) is 52.6 Å². The quantitative estimate of drug-likeness (QED) is 0.832. The molecule has 0 amide bonds. The minimum atomic E-state index is 0.641. The van der Waals surface area contributed by atoms with Gasteiger partial charge in [0, 0.05) is 31.2 Å². The smallest absolute Gasteiger partial charge is 0.0221 e. The van der Waals surface area contributed by atoms with Crippen LogP contribution in [0, 0.1) is 0 Å². The second-order valence-corrected chi connectivity index (χ2v) is 6.33. The van der Waals surface area contributed by atoms with Gasteiger partial charge in [-0.2, -0.15) is 0 Å². The van der Waals surface area contributed by atoms with Crippen LogP contribution in [0.2, 0.25) is 0 Å². The highest BCUT2D eigenvalue weighted by atomic mass is 15.2. The zero-order chi connectivity index (χ0) is 13.0. The molecule has 3 nitrogen and oxygen atoms in total. The molecule has 0 radical (unpaired) electrons. The molecule has 2 N–H and O–H groups in total. The minimum absolute atomic E-state index is 0.641. The van der Waals surface area contributed by atoms with Gasteiger partial charge >= 0.3 is 0 Å². The van der Waals surface area contributed by atoms with Crippen molar-refractivity contribution in [2.45, 2.75) is 70.0 Å². The zero-order valence-electron chi connectivity index (χ0n) is 12.3. The molecule has 2 heterocycles. The summed E-state index contributed by atoms with van der Waals surface area (Å²) in [5.74, 6) is 0. The number of piperidine rings is 2. The molecule has 0 aromatic carbocycles. The fourth-order valence-corrected chi connectivity index (χ4v) is 3.80. The molecule has 2 aliphatic rings. The van der Waals surface area contributed by atoms with Crippen LogP contribution in [0.1, 0.15) is 51.9 Å². The van der Waals surface area contributed by atoms with Crippen LogP contribution in [0.5, 0.6) is 0 Å². The number of hydrogen-bond donors (Lipinski definition) is 1. The average molecular weight is 253 g/mol. The lowest BCUT2D eigenvalue weighted by Gasteiger charge is -2.42. The van der Waals surface area contributed by atoms with Crippen LogP contribution in [0.25, 0.3) is 0 Å². The SMILES string of the molecule is CC1CCCC(CN)N1CCC1CCCCN1C. The Morgan fingerprint density at radius 1 is 1.06 bits per heavy atom. The van der Waals surface area contributed by atoms with E-state index in [1.807, 2.05) is 0 Å². The third kappa shape index (κ3) is 3.46. The number of hydrogen-bond acceptors (Lipinski definition) is 3. The molecule has 2 fully saturated rings. The van der Waals surface area contributed by atoms with Crippen LogP contribution in [0.15, 0.2) is 0 Å². The van der Waals surface area contributed by atoms with Gasteiger partial charge in [0.2, 0.25) is 0 Å². The number of nitrogens with two attached hydrogens (primary N) is 1. The van der Waals surface area contributed by atoms with Crippen LogP contribution < -0.4 is 5.73 Å². The average Bonchev–Trinajstić information content (AvgIpc) is 2.39. The van der Waals surface area contributed by atoms with Crippen LogP contribution in [-0.2, 0) is 0 Å². The van der Waals surface area contributed by atoms with E-state index >= 15 is 0 Å². The summed E-state index contributed by atoms with van der Waals surface area (Å²) in [6.45, 7) is 5.76. The van der Waals surface area contributed by atoms with E-state index in [-0.39, 0.29) is 0 Å². The van der Waals surface area contributed by atoms with E-state index in [1.165, 1.54) is 58.0 Å². The molecule has 2 saturated heterocycles. The lowest BCUT2D eigenvalue weighted by molar-refractivity contribution is 0.0769. The number of nitrogens with zero attached hydrogens (tertiary/aromatic N) is 2. The molecule has 0 aromatic rings. The lowest BCUT2D eigenvalue weighted by atomic mass is 9.94. The topological polar surface area (TPSA) is 32.5 Å². The maximum atomic E-state index is 5.94. The number of rotatable bonds is 4. The van der Waals surface area contributed by atoms with Crippen molar-refractivity contribution in [3.8, 4) is 0 Å². The fraction of sp³-hybridized carbons (Fsp3) is 1.00. The van der Waals surface area contributed by atoms with Gasteiger partial charge in [-0.3, -0.25) is 4.90 Å². The minimum Gasteiger partial charge on any atom is -0.329 e. The van der Waals surface area contributed by atoms with Gasteiger partial charge in [0.05, 0.1) is 0 Å². The normalized spacial score (nSPS) is 35.8. The maximum absolute atomic E-state index is 5.94. The Morgan fingerprint density at radius 2 is 1.83 bits per heavy atom. The lowest BCUT2D eigenvalue weighted by Crippen LogP contribution is -2.50. The van der Waals surface area contributed by atoms with Crippen molar-refractivity contribution in [3.05, 3.63) is 0 Å². The predicted molar refractivity (Wildman–Crippen MR) is 77.7 cm³/mol. The molecule has 0 spiro atoms. The second-order valence-electron chi connectivity index (χ2n) is 6.33. The molecule has 0 aromatic heterocycles. The van der Waals surface area contributed by atoms with Crippen molar-refractivity contribution in [1.82, 2.24) is 9.80 Å². The maximum Gasteiger partial charge on any atom is 0.0221 e. The first kappa shape index (κ1) is 14.3.